The van der Waals surface area contributed by atoms with Gasteiger partial charge >= 0.3 is 0 Å². The Kier molecular flexibility index (Phi) is 1.19. The second-order valence-corrected chi connectivity index (χ2v) is 3.07. The molecule has 0 saturated carbocycles. The van der Waals surface area contributed by atoms with Gasteiger partial charge in [-0.25, -0.2) is 0 Å². The van der Waals surface area contributed by atoms with Gasteiger partial charge in [0.05, 0.1) is 11.7 Å². The van der Waals surface area contributed by atoms with E-state index in [0.29, 0.717) is 0 Å². The fourth-order valence-corrected chi connectivity index (χ4v) is 1.56. The smallest absolute Gasteiger partial charge is 0.0656 e. The first kappa shape index (κ1) is 6.66. The van der Waals surface area contributed by atoms with Crippen molar-refractivity contribution in [2.24, 2.45) is 0 Å². The summed E-state index contributed by atoms with van der Waals surface area (Å²) in [6.45, 7) is 0. The lowest BCUT2D eigenvalue weighted by Crippen LogP contribution is -1.73. The molecule has 0 saturated heterocycles. The van der Waals surface area contributed by atoms with Crippen molar-refractivity contribution in [1.82, 2.24) is 10.2 Å². The number of H-pyrrole nitrogens is 1. The SMILES string of the molecule is [c]1cccc2cc3[nH]ncc3cc12. The molecule has 0 aliphatic rings. The molecule has 3 aromatic rings. The number of benzene rings is 2. The first-order valence-corrected chi connectivity index (χ1v) is 4.17. The molecule has 0 aliphatic heterocycles. The number of nitrogens with zero attached hydrogens (tertiary/aromatic N) is 1. The molecular weight excluding hydrogens is 160 g/mol. The lowest BCUT2D eigenvalue weighted by molar-refractivity contribution is 1.12. The monoisotopic (exact) mass is 167 g/mol. The van der Waals surface area contributed by atoms with Crippen LogP contribution in [-0.2, 0) is 0 Å². The van der Waals surface area contributed by atoms with Crippen LogP contribution in [0.2, 0.25) is 0 Å². The van der Waals surface area contributed by atoms with Crippen molar-refractivity contribution in [3.8, 4) is 0 Å². The van der Waals surface area contributed by atoms with E-state index in [-0.39, 0.29) is 0 Å². The Morgan fingerprint density at radius 3 is 3.23 bits per heavy atom. The zero-order valence-corrected chi connectivity index (χ0v) is 6.91. The maximum atomic E-state index is 3.99. The minimum atomic E-state index is 1.08. The van der Waals surface area contributed by atoms with Crippen LogP contribution in [0.4, 0.5) is 0 Å². The summed E-state index contributed by atoms with van der Waals surface area (Å²) in [5, 5.41) is 10.4. The molecule has 0 bridgehead atoms. The third-order valence-electron chi connectivity index (χ3n) is 2.22. The summed E-state index contributed by atoms with van der Waals surface area (Å²) >= 11 is 0. The molecule has 13 heavy (non-hydrogen) atoms. The predicted molar refractivity (Wildman–Crippen MR) is 52.4 cm³/mol. The maximum Gasteiger partial charge on any atom is 0.0656 e. The Bertz CT molecular complexity index is 517. The summed E-state index contributed by atoms with van der Waals surface area (Å²) in [7, 11) is 0. The molecule has 1 radical (unpaired) electrons. The average Bonchev–Trinajstić information content (AvgIpc) is 2.61. The second kappa shape index (κ2) is 2.33. The van der Waals surface area contributed by atoms with Gasteiger partial charge in [0.1, 0.15) is 0 Å². The van der Waals surface area contributed by atoms with E-state index in [4.69, 9.17) is 0 Å². The molecule has 2 nitrogen and oxygen atoms in total. The van der Waals surface area contributed by atoms with E-state index in [1.165, 1.54) is 5.39 Å². The van der Waals surface area contributed by atoms with Crippen molar-refractivity contribution in [2.75, 3.05) is 0 Å². The van der Waals surface area contributed by atoms with Gasteiger partial charge in [-0.3, -0.25) is 5.10 Å². The molecule has 2 aromatic carbocycles. The minimum Gasteiger partial charge on any atom is -0.278 e. The Morgan fingerprint density at radius 2 is 2.23 bits per heavy atom. The third kappa shape index (κ3) is 0.920. The van der Waals surface area contributed by atoms with Crippen LogP contribution in [0.15, 0.2) is 36.5 Å². The molecule has 0 fully saturated rings. The standard InChI is InChI=1S/C11H7N2/c1-2-4-9-6-11-10(7-12-13-11)5-8(9)3-1/h1-2,4-7H,(H,12,13). The first-order chi connectivity index (χ1) is 6.43. The number of rotatable bonds is 0. The lowest BCUT2D eigenvalue weighted by Gasteiger charge is -1.95. The van der Waals surface area contributed by atoms with E-state index in [9.17, 15) is 0 Å². The van der Waals surface area contributed by atoms with Gasteiger partial charge in [-0.05, 0) is 29.0 Å². The van der Waals surface area contributed by atoms with Crippen molar-refractivity contribution in [1.29, 1.82) is 0 Å². The van der Waals surface area contributed by atoms with Crippen molar-refractivity contribution in [3.05, 3.63) is 42.6 Å². The zero-order valence-electron chi connectivity index (χ0n) is 6.91. The fourth-order valence-electron chi connectivity index (χ4n) is 1.56. The summed E-state index contributed by atoms with van der Waals surface area (Å²) in [4.78, 5) is 0. The van der Waals surface area contributed by atoms with Crippen molar-refractivity contribution in [3.63, 3.8) is 0 Å². The highest BCUT2D eigenvalue weighted by atomic mass is 15.1. The first-order valence-electron chi connectivity index (χ1n) is 4.17. The number of aromatic nitrogens is 2. The molecule has 0 atom stereocenters. The van der Waals surface area contributed by atoms with Gasteiger partial charge in [0.15, 0.2) is 0 Å². The normalized spacial score (nSPS) is 11.1. The molecule has 2 heteroatoms. The van der Waals surface area contributed by atoms with Crippen molar-refractivity contribution < 1.29 is 0 Å². The predicted octanol–water partition coefficient (Wildman–Crippen LogP) is 2.52. The van der Waals surface area contributed by atoms with Crippen LogP contribution in [0, 0.1) is 6.07 Å². The van der Waals surface area contributed by atoms with E-state index in [1.807, 2.05) is 18.3 Å². The van der Waals surface area contributed by atoms with Crippen molar-refractivity contribution >= 4 is 21.7 Å². The number of hydrogen-bond acceptors (Lipinski definition) is 1. The van der Waals surface area contributed by atoms with Crippen LogP contribution in [-0.4, -0.2) is 10.2 Å². The largest absolute Gasteiger partial charge is 0.278 e. The molecule has 0 spiro atoms. The van der Waals surface area contributed by atoms with Gasteiger partial charge in [0, 0.05) is 5.39 Å². The molecule has 1 heterocycles. The highest BCUT2D eigenvalue weighted by molar-refractivity contribution is 5.95. The number of aromatic amines is 1. The number of fused-ring (bicyclic) bond motifs is 2. The van der Waals surface area contributed by atoms with Gasteiger partial charge in [-0.2, -0.15) is 5.10 Å². The maximum absolute atomic E-state index is 3.99. The highest BCUT2D eigenvalue weighted by Crippen LogP contribution is 2.19. The third-order valence-corrected chi connectivity index (χ3v) is 2.22. The van der Waals surface area contributed by atoms with Crippen LogP contribution < -0.4 is 0 Å². The molecule has 1 aromatic heterocycles. The molecular formula is C11H7N2. The zero-order chi connectivity index (χ0) is 8.67. The fraction of sp³-hybridized carbons (Fsp3) is 0. The molecule has 0 amide bonds. The molecule has 1 N–H and O–H groups in total. The Hall–Kier alpha value is -1.83. The molecule has 0 unspecified atom stereocenters. The quantitative estimate of drug-likeness (QED) is 0.547. The summed E-state index contributed by atoms with van der Waals surface area (Å²) in [5.41, 5.74) is 1.08. The minimum absolute atomic E-state index is 1.08. The Balaban J connectivity index is 2.57. The molecule has 0 aliphatic carbocycles. The second-order valence-electron chi connectivity index (χ2n) is 3.07. The molecule has 61 valence electrons. The van der Waals surface area contributed by atoms with E-state index in [2.05, 4.69) is 34.5 Å². The van der Waals surface area contributed by atoms with Crippen LogP contribution in [0.25, 0.3) is 21.7 Å². The van der Waals surface area contributed by atoms with Crippen LogP contribution in [0.5, 0.6) is 0 Å². The van der Waals surface area contributed by atoms with Gasteiger partial charge in [0.25, 0.3) is 0 Å². The summed E-state index contributed by atoms with van der Waals surface area (Å²) < 4.78 is 0. The summed E-state index contributed by atoms with van der Waals surface area (Å²) in [6.07, 6.45) is 1.83. The Labute approximate surface area is 75.2 Å². The van der Waals surface area contributed by atoms with Crippen LogP contribution in [0.1, 0.15) is 0 Å². The Morgan fingerprint density at radius 1 is 1.23 bits per heavy atom. The van der Waals surface area contributed by atoms with E-state index in [1.54, 1.807) is 0 Å². The van der Waals surface area contributed by atoms with Gasteiger partial charge in [-0.15, -0.1) is 0 Å². The van der Waals surface area contributed by atoms with E-state index < -0.39 is 0 Å². The topological polar surface area (TPSA) is 28.7 Å². The van der Waals surface area contributed by atoms with Crippen molar-refractivity contribution in [2.45, 2.75) is 0 Å². The van der Waals surface area contributed by atoms with E-state index in [0.717, 1.165) is 16.3 Å². The summed E-state index contributed by atoms with van der Waals surface area (Å²) in [6, 6.07) is 13.4. The van der Waals surface area contributed by atoms with E-state index >= 15 is 0 Å². The van der Waals surface area contributed by atoms with Gasteiger partial charge < -0.3 is 0 Å². The lowest BCUT2D eigenvalue weighted by atomic mass is 10.1. The highest BCUT2D eigenvalue weighted by Gasteiger charge is 1.97. The van der Waals surface area contributed by atoms with Crippen LogP contribution >= 0.6 is 0 Å². The number of nitrogens with one attached hydrogen (secondary N) is 1. The summed E-state index contributed by atoms with van der Waals surface area (Å²) in [5.74, 6) is 0. The van der Waals surface area contributed by atoms with Gasteiger partial charge in [-0.1, -0.05) is 18.2 Å². The average molecular weight is 167 g/mol. The van der Waals surface area contributed by atoms with Gasteiger partial charge in [0.2, 0.25) is 0 Å². The number of hydrogen-bond donors (Lipinski definition) is 1. The molecule has 3 rings (SSSR count). The van der Waals surface area contributed by atoms with Crippen LogP contribution in [0.3, 0.4) is 0 Å².